The number of carbonyl (C=O) groups excluding carboxylic acids is 2. The molecule has 0 aliphatic heterocycles. The van der Waals surface area contributed by atoms with Gasteiger partial charge >= 0.3 is 5.97 Å². The third-order valence-electron chi connectivity index (χ3n) is 7.06. The van der Waals surface area contributed by atoms with E-state index >= 15 is 0 Å². The number of benzene rings is 3. The van der Waals surface area contributed by atoms with Crippen LogP contribution in [0.15, 0.2) is 97.3 Å². The number of fused-ring (bicyclic) bond motifs is 1. The van der Waals surface area contributed by atoms with Gasteiger partial charge in [-0.2, -0.15) is 0 Å². The maximum absolute atomic E-state index is 13.1. The van der Waals surface area contributed by atoms with Crippen LogP contribution >= 0.6 is 0 Å². The number of phenolic OH excluding ortho intramolecular Hbond substituents is 1. The Kier molecular flexibility index (Phi) is 7.14. The number of carbonyl (C=O) groups is 2. The Morgan fingerprint density at radius 3 is 2.41 bits per heavy atom. The summed E-state index contributed by atoms with van der Waals surface area (Å²) < 4.78 is 5.06. The summed E-state index contributed by atoms with van der Waals surface area (Å²) >= 11 is 0. The zero-order chi connectivity index (χ0) is 27.4. The monoisotopic (exact) mass is 519 g/mol. The third kappa shape index (κ3) is 4.99. The average Bonchev–Trinajstić information content (AvgIpc) is 3.41. The molecular weight excluding hydrogens is 490 g/mol. The molecule has 1 unspecified atom stereocenters. The second-order valence-corrected chi connectivity index (χ2v) is 9.39. The molecule has 2 heterocycles. The van der Waals surface area contributed by atoms with Gasteiger partial charge in [-0.05, 0) is 41.3 Å². The van der Waals surface area contributed by atoms with Gasteiger partial charge in [-0.15, -0.1) is 0 Å². The first-order valence-electron chi connectivity index (χ1n) is 12.7. The van der Waals surface area contributed by atoms with Crippen molar-refractivity contribution in [1.82, 2.24) is 15.3 Å². The highest BCUT2D eigenvalue weighted by Crippen LogP contribution is 2.38. The van der Waals surface area contributed by atoms with Crippen molar-refractivity contribution in [3.8, 4) is 28.1 Å². The molecule has 0 aliphatic rings. The zero-order valence-electron chi connectivity index (χ0n) is 21.8. The third-order valence-corrected chi connectivity index (χ3v) is 7.06. The number of aromatic hydroxyl groups is 1. The van der Waals surface area contributed by atoms with E-state index in [0.29, 0.717) is 23.1 Å². The van der Waals surface area contributed by atoms with Crippen molar-refractivity contribution in [3.05, 3.63) is 108 Å². The molecular formula is C32H29N3O4. The number of hydrogen-bond donors (Lipinski definition) is 3. The summed E-state index contributed by atoms with van der Waals surface area (Å²) in [6.07, 6.45) is 3.93. The number of amides is 1. The number of nitrogens with one attached hydrogen (secondary N) is 2. The predicted octanol–water partition coefficient (Wildman–Crippen LogP) is 5.74. The average molecular weight is 520 g/mol. The van der Waals surface area contributed by atoms with Crippen LogP contribution in [0.3, 0.4) is 0 Å². The van der Waals surface area contributed by atoms with Crippen LogP contribution in [-0.2, 0) is 26.3 Å². The number of methoxy groups -OCH3 is 1. The van der Waals surface area contributed by atoms with E-state index in [1.807, 2.05) is 91.9 Å². The van der Waals surface area contributed by atoms with E-state index in [0.717, 1.165) is 27.7 Å². The van der Waals surface area contributed by atoms with Crippen molar-refractivity contribution in [1.29, 1.82) is 0 Å². The highest BCUT2D eigenvalue weighted by molar-refractivity contribution is 5.91. The Balaban J connectivity index is 1.36. The zero-order valence-corrected chi connectivity index (χ0v) is 21.8. The maximum Gasteiger partial charge on any atom is 0.336 e. The summed E-state index contributed by atoms with van der Waals surface area (Å²) in [6.45, 7) is 1.84. The highest BCUT2D eigenvalue weighted by Gasteiger charge is 2.41. The molecule has 39 heavy (non-hydrogen) atoms. The van der Waals surface area contributed by atoms with Crippen LogP contribution in [0.2, 0.25) is 0 Å². The largest absolute Gasteiger partial charge is 0.507 e. The minimum Gasteiger partial charge on any atom is -0.507 e. The van der Waals surface area contributed by atoms with Gasteiger partial charge in [0.1, 0.15) is 5.75 Å². The molecule has 7 heteroatoms. The fourth-order valence-corrected chi connectivity index (χ4v) is 4.96. The fraction of sp³-hybridized carbons (Fsp3) is 0.156. The second-order valence-electron chi connectivity index (χ2n) is 9.39. The quantitative estimate of drug-likeness (QED) is 0.227. The summed E-state index contributed by atoms with van der Waals surface area (Å²) in [5.41, 5.74) is 4.11. The number of para-hydroxylation sites is 1. The van der Waals surface area contributed by atoms with Crippen LogP contribution < -0.4 is 5.32 Å². The standard InChI is InChI=1S/C32H29N3O4/c1-3-32(31(38)39-2,24-8-5-4-6-9-24)35-29(36)18-21-12-14-22(15-13-21)25-10-7-11-26(30(25)37)28-19-23-20-33-17-16-27(23)34-28/h4-17,19-20,34,37H,3,18H2,1-2H3,(H,35,36). The number of aromatic nitrogens is 2. The van der Waals surface area contributed by atoms with Crippen molar-refractivity contribution in [2.75, 3.05) is 7.11 Å². The van der Waals surface area contributed by atoms with Crippen molar-refractivity contribution >= 4 is 22.8 Å². The van der Waals surface area contributed by atoms with E-state index in [9.17, 15) is 14.7 Å². The lowest BCUT2D eigenvalue weighted by atomic mass is 9.86. The molecule has 5 aromatic rings. The van der Waals surface area contributed by atoms with E-state index in [1.165, 1.54) is 7.11 Å². The second kappa shape index (κ2) is 10.8. The fourth-order valence-electron chi connectivity index (χ4n) is 4.96. The van der Waals surface area contributed by atoms with E-state index < -0.39 is 11.5 Å². The summed E-state index contributed by atoms with van der Waals surface area (Å²) in [6, 6.07) is 26.1. The van der Waals surface area contributed by atoms with E-state index in [1.54, 1.807) is 12.4 Å². The van der Waals surface area contributed by atoms with Crippen LogP contribution in [0.4, 0.5) is 0 Å². The van der Waals surface area contributed by atoms with Crippen molar-refractivity contribution in [2.45, 2.75) is 25.3 Å². The molecule has 2 aromatic heterocycles. The van der Waals surface area contributed by atoms with Gasteiger partial charge in [-0.1, -0.05) is 73.7 Å². The Labute approximate surface area is 226 Å². The summed E-state index contributed by atoms with van der Waals surface area (Å²) in [4.78, 5) is 33.4. The summed E-state index contributed by atoms with van der Waals surface area (Å²) in [5, 5.41) is 15.0. The van der Waals surface area contributed by atoms with Crippen LogP contribution in [0.5, 0.6) is 5.75 Å². The van der Waals surface area contributed by atoms with Gasteiger partial charge in [0.05, 0.1) is 19.2 Å². The first kappa shape index (κ1) is 25.7. The minimum absolute atomic E-state index is 0.0843. The van der Waals surface area contributed by atoms with Gasteiger partial charge in [0.2, 0.25) is 5.91 Å². The Morgan fingerprint density at radius 2 is 1.72 bits per heavy atom. The van der Waals surface area contributed by atoms with Gasteiger partial charge < -0.3 is 20.1 Å². The molecule has 0 radical (unpaired) electrons. The van der Waals surface area contributed by atoms with Crippen LogP contribution in [0, 0.1) is 0 Å². The minimum atomic E-state index is -1.27. The van der Waals surface area contributed by atoms with Gasteiger partial charge in [0.25, 0.3) is 0 Å². The molecule has 196 valence electrons. The molecule has 1 atom stereocenters. The van der Waals surface area contributed by atoms with Gasteiger partial charge in [0.15, 0.2) is 5.54 Å². The normalized spacial score (nSPS) is 12.6. The first-order chi connectivity index (χ1) is 18.9. The SMILES string of the molecule is CCC(NC(=O)Cc1ccc(-c2cccc(-c3cc4cnccc4[nH]3)c2O)cc1)(C(=O)OC)c1ccccc1. The molecule has 3 aromatic carbocycles. The predicted molar refractivity (Wildman–Crippen MR) is 151 cm³/mol. The van der Waals surface area contributed by atoms with Crippen LogP contribution in [-0.4, -0.2) is 34.1 Å². The number of phenols is 1. The molecule has 3 N–H and O–H groups in total. The van der Waals surface area contributed by atoms with Crippen molar-refractivity contribution in [2.24, 2.45) is 0 Å². The Morgan fingerprint density at radius 1 is 0.974 bits per heavy atom. The molecule has 0 spiro atoms. The van der Waals surface area contributed by atoms with Gasteiger partial charge in [-0.25, -0.2) is 4.79 Å². The van der Waals surface area contributed by atoms with Crippen LogP contribution in [0.25, 0.3) is 33.3 Å². The molecule has 0 saturated carbocycles. The number of nitrogens with zero attached hydrogens (tertiary/aromatic N) is 1. The van der Waals surface area contributed by atoms with Gasteiger partial charge in [0, 0.05) is 34.4 Å². The number of aromatic amines is 1. The first-order valence-corrected chi connectivity index (χ1v) is 12.7. The van der Waals surface area contributed by atoms with Crippen LogP contribution in [0.1, 0.15) is 24.5 Å². The molecule has 0 aliphatic carbocycles. The molecule has 0 fully saturated rings. The molecule has 0 bridgehead atoms. The van der Waals surface area contributed by atoms with Crippen molar-refractivity contribution < 1.29 is 19.4 Å². The summed E-state index contributed by atoms with van der Waals surface area (Å²) in [7, 11) is 1.32. The Bertz CT molecular complexity index is 1590. The number of ether oxygens (including phenoxy) is 1. The summed E-state index contributed by atoms with van der Waals surface area (Å²) in [5.74, 6) is -0.644. The molecule has 1 amide bonds. The number of hydrogen-bond acceptors (Lipinski definition) is 5. The lowest BCUT2D eigenvalue weighted by Crippen LogP contribution is -2.52. The highest BCUT2D eigenvalue weighted by atomic mass is 16.5. The molecule has 7 nitrogen and oxygen atoms in total. The topological polar surface area (TPSA) is 104 Å². The number of rotatable bonds is 8. The van der Waals surface area contributed by atoms with Gasteiger partial charge in [-0.3, -0.25) is 9.78 Å². The smallest absolute Gasteiger partial charge is 0.336 e. The molecule has 5 rings (SSSR count). The number of pyridine rings is 1. The Hall–Kier alpha value is -4.91. The number of esters is 1. The van der Waals surface area contributed by atoms with E-state index in [4.69, 9.17) is 4.74 Å². The van der Waals surface area contributed by atoms with Crippen molar-refractivity contribution in [3.63, 3.8) is 0 Å². The molecule has 0 saturated heterocycles. The maximum atomic E-state index is 13.1. The lowest BCUT2D eigenvalue weighted by molar-refractivity contribution is -0.151. The van der Waals surface area contributed by atoms with E-state index in [2.05, 4.69) is 15.3 Å². The number of H-pyrrole nitrogens is 1. The lowest BCUT2D eigenvalue weighted by Gasteiger charge is -2.31. The van der Waals surface area contributed by atoms with E-state index in [-0.39, 0.29) is 18.1 Å².